The Morgan fingerprint density at radius 1 is 0.958 bits per heavy atom. The summed E-state index contributed by atoms with van der Waals surface area (Å²) in [7, 11) is 4.53. The fourth-order valence-electron chi connectivity index (χ4n) is 2.39. The largest absolute Gasteiger partial charge is 0.493 e. The van der Waals surface area contributed by atoms with Crippen LogP contribution < -0.4 is 19.5 Å². The van der Waals surface area contributed by atoms with Crippen molar-refractivity contribution in [2.75, 3.05) is 21.3 Å². The van der Waals surface area contributed by atoms with Gasteiger partial charge in [0.25, 0.3) is 5.91 Å². The van der Waals surface area contributed by atoms with Gasteiger partial charge in [0, 0.05) is 4.47 Å². The van der Waals surface area contributed by atoms with Crippen LogP contribution in [0.4, 0.5) is 0 Å². The van der Waals surface area contributed by atoms with Crippen molar-refractivity contribution in [3.8, 4) is 17.2 Å². The Morgan fingerprint density at radius 2 is 1.58 bits per heavy atom. The zero-order valence-corrected chi connectivity index (χ0v) is 15.6. The lowest BCUT2D eigenvalue weighted by Crippen LogP contribution is -2.27. The first kappa shape index (κ1) is 18.1. The molecule has 0 bridgehead atoms. The molecule has 0 saturated carbocycles. The van der Waals surface area contributed by atoms with E-state index in [9.17, 15) is 4.79 Å². The number of hydrogen-bond acceptors (Lipinski definition) is 4. The van der Waals surface area contributed by atoms with E-state index in [1.54, 1.807) is 12.1 Å². The van der Waals surface area contributed by atoms with E-state index in [4.69, 9.17) is 14.2 Å². The molecule has 1 amide bonds. The summed E-state index contributed by atoms with van der Waals surface area (Å²) in [5.41, 5.74) is 1.39. The zero-order chi connectivity index (χ0) is 17.7. The van der Waals surface area contributed by atoms with Crippen LogP contribution in [0.3, 0.4) is 0 Å². The minimum atomic E-state index is -0.247. The van der Waals surface area contributed by atoms with Gasteiger partial charge in [0.1, 0.15) is 0 Å². The van der Waals surface area contributed by atoms with E-state index in [1.165, 1.54) is 21.3 Å². The fourth-order valence-corrected chi connectivity index (χ4v) is 2.65. The molecule has 1 N–H and O–H groups in total. The van der Waals surface area contributed by atoms with E-state index in [0.29, 0.717) is 22.8 Å². The summed E-state index contributed by atoms with van der Waals surface area (Å²) in [4.78, 5) is 12.6. The number of benzene rings is 2. The molecular formula is C18H20BrNO4. The summed E-state index contributed by atoms with van der Waals surface area (Å²) in [5, 5.41) is 2.96. The van der Waals surface area contributed by atoms with Gasteiger partial charge in [0.15, 0.2) is 11.5 Å². The minimum Gasteiger partial charge on any atom is -0.493 e. The monoisotopic (exact) mass is 393 g/mol. The number of carbonyl (C=O) groups excluding carboxylic acids is 1. The number of carbonyl (C=O) groups is 1. The number of ether oxygens (including phenoxy) is 3. The van der Waals surface area contributed by atoms with Crippen LogP contribution >= 0.6 is 15.9 Å². The first-order chi connectivity index (χ1) is 11.5. The topological polar surface area (TPSA) is 56.8 Å². The van der Waals surface area contributed by atoms with Crippen molar-refractivity contribution in [1.82, 2.24) is 5.32 Å². The van der Waals surface area contributed by atoms with Gasteiger partial charge in [-0.15, -0.1) is 0 Å². The molecule has 128 valence electrons. The van der Waals surface area contributed by atoms with Crippen LogP contribution in [0.2, 0.25) is 0 Å². The standard InChI is InChI=1S/C18H20BrNO4/c1-11(12-5-7-13(19)8-6-12)20-18(21)14-9-10-15(22-2)17(24-4)16(14)23-3/h5-11H,1-4H3,(H,20,21). The fraction of sp³-hybridized carbons (Fsp3) is 0.278. The van der Waals surface area contributed by atoms with Crippen molar-refractivity contribution in [2.24, 2.45) is 0 Å². The van der Waals surface area contributed by atoms with E-state index in [2.05, 4.69) is 21.2 Å². The molecule has 0 aliphatic rings. The molecule has 24 heavy (non-hydrogen) atoms. The third-order valence-corrected chi connectivity index (χ3v) is 4.20. The third-order valence-electron chi connectivity index (χ3n) is 3.67. The Balaban J connectivity index is 2.27. The molecule has 2 aromatic carbocycles. The first-order valence-corrected chi connectivity index (χ1v) is 8.16. The average Bonchev–Trinajstić information content (AvgIpc) is 2.60. The predicted octanol–water partition coefficient (Wildman–Crippen LogP) is 3.97. The molecule has 1 atom stereocenters. The summed E-state index contributed by atoms with van der Waals surface area (Å²) < 4.78 is 16.9. The Kier molecular flexibility index (Phi) is 6.09. The van der Waals surface area contributed by atoms with Gasteiger partial charge in [-0.3, -0.25) is 4.79 Å². The summed E-state index contributed by atoms with van der Waals surface area (Å²) in [6, 6.07) is 11.0. The van der Waals surface area contributed by atoms with Crippen molar-refractivity contribution in [3.63, 3.8) is 0 Å². The molecule has 2 rings (SSSR count). The van der Waals surface area contributed by atoms with Crippen LogP contribution in [0.25, 0.3) is 0 Å². The van der Waals surface area contributed by atoms with Crippen LogP contribution in [-0.4, -0.2) is 27.2 Å². The van der Waals surface area contributed by atoms with E-state index in [1.807, 2.05) is 31.2 Å². The number of halogens is 1. The second kappa shape index (κ2) is 8.06. The van der Waals surface area contributed by atoms with Gasteiger partial charge in [-0.1, -0.05) is 28.1 Å². The predicted molar refractivity (Wildman–Crippen MR) is 96.1 cm³/mol. The van der Waals surface area contributed by atoms with Crippen molar-refractivity contribution in [3.05, 3.63) is 52.0 Å². The molecular weight excluding hydrogens is 374 g/mol. The summed E-state index contributed by atoms with van der Waals surface area (Å²) in [6.07, 6.45) is 0. The van der Waals surface area contributed by atoms with Gasteiger partial charge < -0.3 is 19.5 Å². The highest BCUT2D eigenvalue weighted by molar-refractivity contribution is 9.10. The molecule has 0 aliphatic carbocycles. The van der Waals surface area contributed by atoms with Crippen LogP contribution in [0.15, 0.2) is 40.9 Å². The second-order valence-corrected chi connectivity index (χ2v) is 6.04. The third kappa shape index (κ3) is 3.82. The van der Waals surface area contributed by atoms with Crippen LogP contribution in [-0.2, 0) is 0 Å². The van der Waals surface area contributed by atoms with E-state index < -0.39 is 0 Å². The molecule has 2 aromatic rings. The lowest BCUT2D eigenvalue weighted by atomic mass is 10.1. The Hall–Kier alpha value is -2.21. The summed E-state index contributed by atoms with van der Waals surface area (Å²) >= 11 is 3.40. The minimum absolute atomic E-state index is 0.150. The number of hydrogen-bond donors (Lipinski definition) is 1. The van der Waals surface area contributed by atoms with E-state index in [-0.39, 0.29) is 11.9 Å². The lowest BCUT2D eigenvalue weighted by molar-refractivity contribution is 0.0936. The molecule has 0 aromatic heterocycles. The number of nitrogens with one attached hydrogen (secondary N) is 1. The maximum absolute atomic E-state index is 12.6. The van der Waals surface area contributed by atoms with E-state index >= 15 is 0 Å². The Bertz CT molecular complexity index is 716. The number of amides is 1. The van der Waals surface area contributed by atoms with Crippen molar-refractivity contribution in [1.29, 1.82) is 0 Å². The van der Waals surface area contributed by atoms with Gasteiger partial charge in [-0.2, -0.15) is 0 Å². The second-order valence-electron chi connectivity index (χ2n) is 5.13. The molecule has 0 radical (unpaired) electrons. The molecule has 0 heterocycles. The smallest absolute Gasteiger partial charge is 0.255 e. The summed E-state index contributed by atoms with van der Waals surface area (Å²) in [5.74, 6) is 0.997. The van der Waals surface area contributed by atoms with Gasteiger partial charge in [0.05, 0.1) is 32.9 Å². The van der Waals surface area contributed by atoms with Gasteiger partial charge in [-0.05, 0) is 36.8 Å². The summed E-state index contributed by atoms with van der Waals surface area (Å²) in [6.45, 7) is 1.92. The van der Waals surface area contributed by atoms with Crippen molar-refractivity contribution < 1.29 is 19.0 Å². The van der Waals surface area contributed by atoms with Gasteiger partial charge in [-0.25, -0.2) is 0 Å². The maximum atomic E-state index is 12.6. The molecule has 1 unspecified atom stereocenters. The zero-order valence-electron chi connectivity index (χ0n) is 14.1. The molecule has 0 aliphatic heterocycles. The number of methoxy groups -OCH3 is 3. The molecule has 0 spiro atoms. The highest BCUT2D eigenvalue weighted by Crippen LogP contribution is 2.39. The Morgan fingerprint density at radius 3 is 2.12 bits per heavy atom. The molecule has 0 fully saturated rings. The normalized spacial score (nSPS) is 11.5. The molecule has 0 saturated heterocycles. The molecule has 6 heteroatoms. The van der Waals surface area contributed by atoms with E-state index in [0.717, 1.165) is 10.0 Å². The van der Waals surface area contributed by atoms with Crippen molar-refractivity contribution in [2.45, 2.75) is 13.0 Å². The molecule has 5 nitrogen and oxygen atoms in total. The lowest BCUT2D eigenvalue weighted by Gasteiger charge is -2.18. The van der Waals surface area contributed by atoms with Gasteiger partial charge >= 0.3 is 0 Å². The number of rotatable bonds is 6. The van der Waals surface area contributed by atoms with Crippen LogP contribution in [0, 0.1) is 0 Å². The highest BCUT2D eigenvalue weighted by Gasteiger charge is 2.21. The van der Waals surface area contributed by atoms with Crippen molar-refractivity contribution >= 4 is 21.8 Å². The average molecular weight is 394 g/mol. The highest BCUT2D eigenvalue weighted by atomic mass is 79.9. The first-order valence-electron chi connectivity index (χ1n) is 7.37. The maximum Gasteiger partial charge on any atom is 0.255 e. The SMILES string of the molecule is COc1ccc(C(=O)NC(C)c2ccc(Br)cc2)c(OC)c1OC. The quantitative estimate of drug-likeness (QED) is 0.806. The van der Waals surface area contributed by atoms with Gasteiger partial charge in [0.2, 0.25) is 5.75 Å². The Labute approximate surface area is 150 Å². The van der Waals surface area contributed by atoms with Crippen LogP contribution in [0.5, 0.6) is 17.2 Å². The van der Waals surface area contributed by atoms with Crippen LogP contribution in [0.1, 0.15) is 28.9 Å².